The Hall–Kier alpha value is -2.21. The molecule has 0 fully saturated rings. The Morgan fingerprint density at radius 2 is 1.86 bits per heavy atom. The van der Waals surface area contributed by atoms with Gasteiger partial charge in [0.05, 0.1) is 18.0 Å². The summed E-state index contributed by atoms with van der Waals surface area (Å²) in [6.45, 7) is 2.40. The van der Waals surface area contributed by atoms with Crippen molar-refractivity contribution in [3.05, 3.63) is 54.1 Å². The van der Waals surface area contributed by atoms with Crippen molar-refractivity contribution >= 4 is 21.4 Å². The number of nitrogens with one attached hydrogen (secondary N) is 1. The zero-order valence-electron chi connectivity index (χ0n) is 11.7. The number of anilines is 2. The standard InChI is InChI=1S/C15H18N2O3S/c1-2-20-15-5-3-4-14(10-15)17-21(18,19)11-12-6-8-13(16)9-7-12/h3-10,17H,2,11,16H2,1H3. The highest BCUT2D eigenvalue weighted by molar-refractivity contribution is 7.91. The number of sulfonamides is 1. The molecule has 0 aliphatic rings. The van der Waals surface area contributed by atoms with Crippen molar-refractivity contribution < 1.29 is 13.2 Å². The van der Waals surface area contributed by atoms with Crippen molar-refractivity contribution in [1.29, 1.82) is 0 Å². The summed E-state index contributed by atoms with van der Waals surface area (Å²) in [5.41, 5.74) is 7.35. The van der Waals surface area contributed by atoms with Crippen LogP contribution in [0, 0.1) is 0 Å². The molecule has 2 aromatic rings. The van der Waals surface area contributed by atoms with Crippen molar-refractivity contribution in [2.45, 2.75) is 12.7 Å². The summed E-state index contributed by atoms with van der Waals surface area (Å²) in [7, 11) is -3.48. The third kappa shape index (κ3) is 4.68. The minimum absolute atomic E-state index is 0.105. The third-order valence-corrected chi connectivity index (χ3v) is 4.01. The minimum Gasteiger partial charge on any atom is -0.494 e. The van der Waals surface area contributed by atoms with Gasteiger partial charge in [-0.15, -0.1) is 0 Å². The van der Waals surface area contributed by atoms with Crippen LogP contribution >= 0.6 is 0 Å². The lowest BCUT2D eigenvalue weighted by Crippen LogP contribution is -2.15. The van der Waals surface area contributed by atoms with E-state index in [4.69, 9.17) is 10.5 Å². The third-order valence-electron chi connectivity index (χ3n) is 2.75. The van der Waals surface area contributed by atoms with Gasteiger partial charge in [0.2, 0.25) is 10.0 Å². The minimum atomic E-state index is -3.48. The fourth-order valence-corrected chi connectivity index (χ4v) is 3.05. The van der Waals surface area contributed by atoms with E-state index in [0.717, 1.165) is 0 Å². The van der Waals surface area contributed by atoms with Crippen LogP contribution in [-0.4, -0.2) is 15.0 Å². The average Bonchev–Trinajstić information content (AvgIpc) is 2.41. The quantitative estimate of drug-likeness (QED) is 0.804. The van der Waals surface area contributed by atoms with Crippen LogP contribution < -0.4 is 15.2 Å². The molecule has 0 atom stereocenters. The van der Waals surface area contributed by atoms with Crippen molar-refractivity contribution in [3.8, 4) is 5.75 Å². The van der Waals surface area contributed by atoms with Gasteiger partial charge in [-0.1, -0.05) is 18.2 Å². The molecule has 0 aromatic heterocycles. The van der Waals surface area contributed by atoms with Crippen molar-refractivity contribution in [2.24, 2.45) is 0 Å². The van der Waals surface area contributed by atoms with Crippen molar-refractivity contribution in [1.82, 2.24) is 0 Å². The van der Waals surface area contributed by atoms with Crippen LogP contribution in [0.1, 0.15) is 12.5 Å². The number of nitrogen functional groups attached to an aromatic ring is 1. The molecule has 0 amide bonds. The van der Waals surface area contributed by atoms with Gasteiger partial charge in [0.1, 0.15) is 5.75 Å². The lowest BCUT2D eigenvalue weighted by atomic mass is 10.2. The van der Waals surface area contributed by atoms with Crippen LogP contribution in [-0.2, 0) is 15.8 Å². The second kappa shape index (κ2) is 6.49. The highest BCUT2D eigenvalue weighted by atomic mass is 32.2. The van der Waals surface area contributed by atoms with E-state index in [9.17, 15) is 8.42 Å². The van der Waals surface area contributed by atoms with Gasteiger partial charge in [0, 0.05) is 11.8 Å². The van der Waals surface area contributed by atoms with Gasteiger partial charge in [0.25, 0.3) is 0 Å². The second-order valence-electron chi connectivity index (χ2n) is 4.56. The summed E-state index contributed by atoms with van der Waals surface area (Å²) in [6, 6.07) is 13.6. The molecule has 3 N–H and O–H groups in total. The lowest BCUT2D eigenvalue weighted by molar-refractivity contribution is 0.340. The fraction of sp³-hybridized carbons (Fsp3) is 0.200. The number of ether oxygens (including phenoxy) is 1. The molecule has 0 saturated carbocycles. The van der Waals surface area contributed by atoms with Crippen molar-refractivity contribution in [3.63, 3.8) is 0 Å². The van der Waals surface area contributed by atoms with Gasteiger partial charge in [-0.2, -0.15) is 0 Å². The number of rotatable bonds is 6. The highest BCUT2D eigenvalue weighted by Gasteiger charge is 2.12. The van der Waals surface area contributed by atoms with E-state index in [1.54, 1.807) is 48.5 Å². The molecule has 0 radical (unpaired) electrons. The van der Waals surface area contributed by atoms with E-state index in [-0.39, 0.29) is 5.75 Å². The van der Waals surface area contributed by atoms with Crippen LogP contribution in [0.2, 0.25) is 0 Å². The van der Waals surface area contributed by atoms with Gasteiger partial charge < -0.3 is 10.5 Å². The topological polar surface area (TPSA) is 81.4 Å². The number of hydrogen-bond acceptors (Lipinski definition) is 4. The highest BCUT2D eigenvalue weighted by Crippen LogP contribution is 2.19. The Kier molecular flexibility index (Phi) is 4.70. The zero-order chi connectivity index (χ0) is 15.3. The van der Waals surface area contributed by atoms with Gasteiger partial charge in [-0.3, -0.25) is 4.72 Å². The first-order chi connectivity index (χ1) is 9.98. The molecule has 0 aliphatic carbocycles. The maximum atomic E-state index is 12.1. The normalized spacial score (nSPS) is 11.1. The van der Waals surface area contributed by atoms with E-state index in [1.165, 1.54) is 0 Å². The number of hydrogen-bond donors (Lipinski definition) is 2. The molecular formula is C15H18N2O3S. The summed E-state index contributed by atoms with van der Waals surface area (Å²) < 4.78 is 32.2. The molecule has 0 spiro atoms. The summed E-state index contributed by atoms with van der Waals surface area (Å²) in [5, 5.41) is 0. The Morgan fingerprint density at radius 1 is 1.14 bits per heavy atom. The van der Waals surface area contributed by atoms with E-state index in [1.807, 2.05) is 6.92 Å². The van der Waals surface area contributed by atoms with E-state index < -0.39 is 10.0 Å². The van der Waals surface area contributed by atoms with Crippen LogP contribution in [0.5, 0.6) is 5.75 Å². The fourth-order valence-electron chi connectivity index (χ4n) is 1.86. The van der Waals surface area contributed by atoms with E-state index >= 15 is 0 Å². The van der Waals surface area contributed by atoms with Crippen LogP contribution in [0.15, 0.2) is 48.5 Å². The predicted molar refractivity (Wildman–Crippen MR) is 84.7 cm³/mol. The first-order valence-electron chi connectivity index (χ1n) is 6.56. The second-order valence-corrected chi connectivity index (χ2v) is 6.29. The Morgan fingerprint density at radius 3 is 2.52 bits per heavy atom. The lowest BCUT2D eigenvalue weighted by Gasteiger charge is -2.10. The molecule has 6 heteroatoms. The summed E-state index contributed by atoms with van der Waals surface area (Å²) in [6.07, 6.45) is 0. The molecule has 21 heavy (non-hydrogen) atoms. The number of nitrogens with two attached hydrogens (primary N) is 1. The average molecular weight is 306 g/mol. The molecule has 5 nitrogen and oxygen atoms in total. The molecule has 0 heterocycles. The zero-order valence-corrected chi connectivity index (χ0v) is 12.6. The number of benzene rings is 2. The van der Waals surface area contributed by atoms with Crippen LogP contribution in [0.4, 0.5) is 11.4 Å². The van der Waals surface area contributed by atoms with Crippen molar-refractivity contribution in [2.75, 3.05) is 17.1 Å². The Labute approximate surface area is 124 Å². The summed E-state index contributed by atoms with van der Waals surface area (Å²) in [4.78, 5) is 0. The summed E-state index contributed by atoms with van der Waals surface area (Å²) in [5.74, 6) is 0.525. The first kappa shape index (κ1) is 15.2. The van der Waals surface area contributed by atoms with Crippen LogP contribution in [0.3, 0.4) is 0 Å². The molecule has 0 unspecified atom stereocenters. The predicted octanol–water partition coefficient (Wildman–Crippen LogP) is 2.61. The molecular weight excluding hydrogens is 288 g/mol. The van der Waals surface area contributed by atoms with Gasteiger partial charge in [-0.05, 0) is 36.8 Å². The van der Waals surface area contributed by atoms with Crippen LogP contribution in [0.25, 0.3) is 0 Å². The largest absolute Gasteiger partial charge is 0.494 e. The first-order valence-corrected chi connectivity index (χ1v) is 8.21. The summed E-state index contributed by atoms with van der Waals surface area (Å²) >= 11 is 0. The maximum Gasteiger partial charge on any atom is 0.236 e. The van der Waals surface area contributed by atoms with Gasteiger partial charge in [-0.25, -0.2) is 8.42 Å². The molecule has 0 aliphatic heterocycles. The van der Waals surface area contributed by atoms with E-state index in [0.29, 0.717) is 29.3 Å². The molecule has 2 aromatic carbocycles. The smallest absolute Gasteiger partial charge is 0.236 e. The maximum absolute atomic E-state index is 12.1. The van der Waals surface area contributed by atoms with Gasteiger partial charge >= 0.3 is 0 Å². The van der Waals surface area contributed by atoms with E-state index in [2.05, 4.69) is 4.72 Å². The molecule has 112 valence electrons. The molecule has 0 saturated heterocycles. The Balaban J connectivity index is 2.10. The molecule has 0 bridgehead atoms. The monoisotopic (exact) mass is 306 g/mol. The SMILES string of the molecule is CCOc1cccc(NS(=O)(=O)Cc2ccc(N)cc2)c1. The Bertz CT molecular complexity index is 697. The molecule has 2 rings (SSSR count). The van der Waals surface area contributed by atoms with Gasteiger partial charge in [0.15, 0.2) is 0 Å².